The molecule has 0 aliphatic heterocycles. The molecule has 1 aromatic heterocycles. The van der Waals surface area contributed by atoms with Gasteiger partial charge in [-0.3, -0.25) is 0 Å². The third-order valence-corrected chi connectivity index (χ3v) is 2.84. The van der Waals surface area contributed by atoms with Crippen LogP contribution in [0.25, 0.3) is 0 Å². The standard InChI is InChI=1S/C10H16N2O2/c13-7-10-11-9(12-14-10)6-8-4-2-1-3-5-8/h8,13H,1-7H2. The van der Waals surface area contributed by atoms with Crippen LogP contribution in [0.3, 0.4) is 0 Å². The highest BCUT2D eigenvalue weighted by atomic mass is 16.5. The van der Waals surface area contributed by atoms with E-state index in [9.17, 15) is 0 Å². The molecule has 14 heavy (non-hydrogen) atoms. The van der Waals surface area contributed by atoms with E-state index in [1.165, 1.54) is 32.1 Å². The van der Waals surface area contributed by atoms with Crippen molar-refractivity contribution >= 4 is 0 Å². The minimum Gasteiger partial charge on any atom is -0.387 e. The number of nitrogens with zero attached hydrogens (tertiary/aromatic N) is 2. The van der Waals surface area contributed by atoms with Gasteiger partial charge in [0.15, 0.2) is 5.82 Å². The summed E-state index contributed by atoms with van der Waals surface area (Å²) in [6.07, 6.45) is 7.49. The predicted octanol–water partition coefficient (Wildman–Crippen LogP) is 1.68. The molecule has 0 aromatic carbocycles. The summed E-state index contributed by atoms with van der Waals surface area (Å²) in [6.45, 7) is -0.155. The highest BCUT2D eigenvalue weighted by Crippen LogP contribution is 2.25. The maximum Gasteiger partial charge on any atom is 0.252 e. The molecular formula is C10H16N2O2. The fraction of sp³-hybridized carbons (Fsp3) is 0.800. The molecule has 1 saturated carbocycles. The van der Waals surface area contributed by atoms with Crippen LogP contribution in [0, 0.1) is 5.92 Å². The average molecular weight is 196 g/mol. The van der Waals surface area contributed by atoms with Crippen LogP contribution in [-0.2, 0) is 13.0 Å². The van der Waals surface area contributed by atoms with E-state index in [2.05, 4.69) is 10.1 Å². The van der Waals surface area contributed by atoms with Crippen molar-refractivity contribution in [3.05, 3.63) is 11.7 Å². The molecule has 0 atom stereocenters. The molecule has 2 rings (SSSR count). The predicted molar refractivity (Wildman–Crippen MR) is 50.5 cm³/mol. The van der Waals surface area contributed by atoms with E-state index < -0.39 is 0 Å². The molecule has 0 radical (unpaired) electrons. The Hall–Kier alpha value is -0.900. The zero-order chi connectivity index (χ0) is 9.80. The van der Waals surface area contributed by atoms with Crippen LogP contribution < -0.4 is 0 Å². The van der Waals surface area contributed by atoms with Gasteiger partial charge in [-0.1, -0.05) is 37.3 Å². The van der Waals surface area contributed by atoms with Crippen molar-refractivity contribution in [1.82, 2.24) is 10.1 Å². The van der Waals surface area contributed by atoms with Gasteiger partial charge < -0.3 is 9.63 Å². The van der Waals surface area contributed by atoms with Crippen molar-refractivity contribution in [2.45, 2.75) is 45.1 Å². The van der Waals surface area contributed by atoms with Crippen LogP contribution in [-0.4, -0.2) is 15.2 Å². The molecule has 0 bridgehead atoms. The summed E-state index contributed by atoms with van der Waals surface area (Å²) in [7, 11) is 0. The second kappa shape index (κ2) is 4.55. The second-order valence-corrected chi connectivity index (χ2v) is 3.97. The monoisotopic (exact) mass is 196 g/mol. The van der Waals surface area contributed by atoms with Crippen LogP contribution in [0.4, 0.5) is 0 Å². The molecule has 0 amide bonds. The van der Waals surface area contributed by atoms with E-state index in [1.807, 2.05) is 0 Å². The van der Waals surface area contributed by atoms with Crippen LogP contribution in [0.15, 0.2) is 4.52 Å². The van der Waals surface area contributed by atoms with E-state index in [0.29, 0.717) is 11.8 Å². The lowest BCUT2D eigenvalue weighted by molar-refractivity contribution is 0.222. The number of rotatable bonds is 3. The maximum absolute atomic E-state index is 8.76. The molecule has 1 aromatic rings. The number of aliphatic hydroxyl groups excluding tert-OH is 1. The van der Waals surface area contributed by atoms with Crippen LogP contribution in [0.2, 0.25) is 0 Å². The summed E-state index contributed by atoms with van der Waals surface area (Å²) >= 11 is 0. The molecule has 0 spiro atoms. The van der Waals surface area contributed by atoms with Gasteiger partial charge in [0.2, 0.25) is 0 Å². The topological polar surface area (TPSA) is 59.2 Å². The van der Waals surface area contributed by atoms with E-state index >= 15 is 0 Å². The third kappa shape index (κ3) is 2.32. The van der Waals surface area contributed by atoms with Gasteiger partial charge in [0, 0.05) is 6.42 Å². The van der Waals surface area contributed by atoms with E-state index in [1.54, 1.807) is 0 Å². The smallest absolute Gasteiger partial charge is 0.252 e. The molecular weight excluding hydrogens is 180 g/mol. The summed E-state index contributed by atoms with van der Waals surface area (Å²) in [5.41, 5.74) is 0. The quantitative estimate of drug-likeness (QED) is 0.799. The lowest BCUT2D eigenvalue weighted by Crippen LogP contribution is -2.10. The lowest BCUT2D eigenvalue weighted by atomic mass is 9.87. The molecule has 78 valence electrons. The number of aliphatic hydroxyl groups is 1. The van der Waals surface area contributed by atoms with Crippen molar-refractivity contribution in [3.63, 3.8) is 0 Å². The van der Waals surface area contributed by atoms with Gasteiger partial charge in [-0.15, -0.1) is 0 Å². The fourth-order valence-corrected chi connectivity index (χ4v) is 2.09. The van der Waals surface area contributed by atoms with Crippen molar-refractivity contribution in [2.24, 2.45) is 5.92 Å². The zero-order valence-corrected chi connectivity index (χ0v) is 8.28. The Bertz CT molecular complexity index is 279. The number of aromatic nitrogens is 2. The Balaban J connectivity index is 1.89. The minimum absolute atomic E-state index is 0.155. The van der Waals surface area contributed by atoms with Gasteiger partial charge in [0.1, 0.15) is 6.61 Å². The molecule has 1 N–H and O–H groups in total. The first-order valence-electron chi connectivity index (χ1n) is 5.31. The van der Waals surface area contributed by atoms with E-state index in [-0.39, 0.29) is 6.61 Å². The molecule has 4 nitrogen and oxygen atoms in total. The van der Waals surface area contributed by atoms with E-state index in [4.69, 9.17) is 9.63 Å². The van der Waals surface area contributed by atoms with Gasteiger partial charge in [-0.2, -0.15) is 4.98 Å². The number of hydrogen-bond donors (Lipinski definition) is 1. The minimum atomic E-state index is -0.155. The fourth-order valence-electron chi connectivity index (χ4n) is 2.09. The first-order valence-corrected chi connectivity index (χ1v) is 5.31. The lowest BCUT2D eigenvalue weighted by Gasteiger charge is -2.19. The largest absolute Gasteiger partial charge is 0.387 e. The van der Waals surface area contributed by atoms with Gasteiger partial charge in [-0.05, 0) is 5.92 Å². The Kier molecular flexibility index (Phi) is 3.14. The SMILES string of the molecule is OCc1nc(CC2CCCCC2)no1. The highest BCUT2D eigenvalue weighted by molar-refractivity contribution is 4.87. The number of hydrogen-bond acceptors (Lipinski definition) is 4. The molecule has 1 aliphatic carbocycles. The van der Waals surface area contributed by atoms with Crippen molar-refractivity contribution in [3.8, 4) is 0 Å². The molecule has 1 aliphatic rings. The first kappa shape index (κ1) is 9.65. The van der Waals surface area contributed by atoms with Crippen LogP contribution in [0.1, 0.15) is 43.8 Å². The summed E-state index contributed by atoms with van der Waals surface area (Å²) in [5, 5.41) is 12.6. The van der Waals surface area contributed by atoms with Crippen LogP contribution >= 0.6 is 0 Å². The van der Waals surface area contributed by atoms with Crippen LogP contribution in [0.5, 0.6) is 0 Å². The Labute approximate surface area is 83.3 Å². The summed E-state index contributed by atoms with van der Waals surface area (Å²) in [4.78, 5) is 4.10. The average Bonchev–Trinajstić information content (AvgIpc) is 2.67. The summed E-state index contributed by atoms with van der Waals surface area (Å²) in [5.74, 6) is 1.80. The zero-order valence-electron chi connectivity index (χ0n) is 8.28. The maximum atomic E-state index is 8.76. The molecule has 0 unspecified atom stereocenters. The Morgan fingerprint density at radius 2 is 2.07 bits per heavy atom. The normalized spacial score (nSPS) is 18.6. The van der Waals surface area contributed by atoms with Crippen molar-refractivity contribution in [2.75, 3.05) is 0 Å². The van der Waals surface area contributed by atoms with Gasteiger partial charge >= 0.3 is 0 Å². The highest BCUT2D eigenvalue weighted by Gasteiger charge is 2.16. The second-order valence-electron chi connectivity index (χ2n) is 3.97. The molecule has 1 fully saturated rings. The molecule has 0 saturated heterocycles. The summed E-state index contributed by atoms with van der Waals surface area (Å²) in [6, 6.07) is 0. The van der Waals surface area contributed by atoms with Gasteiger partial charge in [-0.25, -0.2) is 0 Å². The summed E-state index contributed by atoms with van der Waals surface area (Å²) < 4.78 is 4.84. The van der Waals surface area contributed by atoms with E-state index in [0.717, 1.165) is 12.2 Å². The molecule has 4 heteroatoms. The Morgan fingerprint density at radius 3 is 2.71 bits per heavy atom. The molecule has 1 heterocycles. The van der Waals surface area contributed by atoms with Gasteiger partial charge in [0.25, 0.3) is 5.89 Å². The first-order chi connectivity index (χ1) is 6.88. The van der Waals surface area contributed by atoms with Crippen molar-refractivity contribution < 1.29 is 9.63 Å². The van der Waals surface area contributed by atoms with Gasteiger partial charge in [0.05, 0.1) is 0 Å². The Morgan fingerprint density at radius 1 is 1.29 bits per heavy atom. The third-order valence-electron chi connectivity index (χ3n) is 2.84. The van der Waals surface area contributed by atoms with Crippen molar-refractivity contribution in [1.29, 1.82) is 0 Å².